The Morgan fingerprint density at radius 1 is 1.36 bits per heavy atom. The van der Waals surface area contributed by atoms with Crippen LogP contribution in [0.2, 0.25) is 0 Å². The Kier molecular flexibility index (Phi) is 6.01. The third-order valence-electron chi connectivity index (χ3n) is 3.14. The Hall–Kier alpha value is -0.370. The SMILES string of the molecule is CCCCCC(C(C)=O)C(C)(N)CC. The van der Waals surface area contributed by atoms with Crippen molar-refractivity contribution in [2.75, 3.05) is 0 Å². The summed E-state index contributed by atoms with van der Waals surface area (Å²) in [6.45, 7) is 7.88. The maximum Gasteiger partial charge on any atom is 0.134 e. The second-order valence-electron chi connectivity index (χ2n) is 4.52. The van der Waals surface area contributed by atoms with E-state index in [9.17, 15) is 4.79 Å². The van der Waals surface area contributed by atoms with Crippen LogP contribution in [0.5, 0.6) is 0 Å². The number of hydrogen-bond acceptors (Lipinski definition) is 2. The first-order valence-corrected chi connectivity index (χ1v) is 5.75. The summed E-state index contributed by atoms with van der Waals surface area (Å²) in [4.78, 5) is 11.5. The molecule has 84 valence electrons. The van der Waals surface area contributed by atoms with E-state index in [1.807, 2.05) is 6.92 Å². The summed E-state index contributed by atoms with van der Waals surface area (Å²) >= 11 is 0. The van der Waals surface area contributed by atoms with Crippen LogP contribution in [0.3, 0.4) is 0 Å². The van der Waals surface area contributed by atoms with Crippen LogP contribution in [0.15, 0.2) is 0 Å². The van der Waals surface area contributed by atoms with Crippen LogP contribution in [0.4, 0.5) is 0 Å². The van der Waals surface area contributed by atoms with Crippen LogP contribution < -0.4 is 5.73 Å². The molecule has 0 bridgehead atoms. The number of carbonyl (C=O) groups is 1. The summed E-state index contributed by atoms with van der Waals surface area (Å²) in [5, 5.41) is 0. The normalized spacial score (nSPS) is 17.5. The zero-order valence-electron chi connectivity index (χ0n) is 10.1. The van der Waals surface area contributed by atoms with E-state index >= 15 is 0 Å². The van der Waals surface area contributed by atoms with Crippen LogP contribution in [0, 0.1) is 5.92 Å². The maximum absolute atomic E-state index is 11.5. The summed E-state index contributed by atoms with van der Waals surface area (Å²) in [7, 11) is 0. The molecule has 2 heteroatoms. The molecule has 0 radical (unpaired) electrons. The quantitative estimate of drug-likeness (QED) is 0.641. The molecule has 0 aromatic heterocycles. The maximum atomic E-state index is 11.5. The van der Waals surface area contributed by atoms with Gasteiger partial charge in [0, 0.05) is 11.5 Å². The van der Waals surface area contributed by atoms with Gasteiger partial charge in [-0.25, -0.2) is 0 Å². The molecule has 0 fully saturated rings. The molecule has 0 rings (SSSR count). The smallest absolute Gasteiger partial charge is 0.134 e. The highest BCUT2D eigenvalue weighted by molar-refractivity contribution is 5.79. The third-order valence-corrected chi connectivity index (χ3v) is 3.14. The van der Waals surface area contributed by atoms with E-state index in [4.69, 9.17) is 5.73 Å². The molecule has 0 amide bonds. The fourth-order valence-electron chi connectivity index (χ4n) is 1.84. The number of carbonyl (C=O) groups excluding carboxylic acids is 1. The van der Waals surface area contributed by atoms with Crippen LogP contribution >= 0.6 is 0 Å². The minimum atomic E-state index is -0.320. The first-order valence-electron chi connectivity index (χ1n) is 5.75. The lowest BCUT2D eigenvalue weighted by molar-refractivity contribution is -0.123. The minimum absolute atomic E-state index is 0.0408. The van der Waals surface area contributed by atoms with Gasteiger partial charge >= 0.3 is 0 Å². The molecule has 14 heavy (non-hydrogen) atoms. The minimum Gasteiger partial charge on any atom is -0.325 e. The van der Waals surface area contributed by atoms with Gasteiger partial charge in [-0.15, -0.1) is 0 Å². The molecular weight excluding hydrogens is 174 g/mol. The first kappa shape index (κ1) is 13.6. The molecule has 2 unspecified atom stereocenters. The monoisotopic (exact) mass is 199 g/mol. The predicted molar refractivity (Wildman–Crippen MR) is 61.2 cm³/mol. The third kappa shape index (κ3) is 4.23. The van der Waals surface area contributed by atoms with Crippen molar-refractivity contribution in [2.24, 2.45) is 11.7 Å². The van der Waals surface area contributed by atoms with E-state index in [-0.39, 0.29) is 17.2 Å². The summed E-state index contributed by atoms with van der Waals surface area (Å²) < 4.78 is 0. The Morgan fingerprint density at radius 3 is 2.29 bits per heavy atom. The number of nitrogens with two attached hydrogens (primary N) is 1. The van der Waals surface area contributed by atoms with Gasteiger partial charge in [-0.05, 0) is 26.7 Å². The van der Waals surface area contributed by atoms with Crippen molar-refractivity contribution in [2.45, 2.75) is 65.3 Å². The molecule has 0 aromatic carbocycles. The van der Waals surface area contributed by atoms with Crippen molar-refractivity contribution in [3.05, 3.63) is 0 Å². The zero-order valence-corrected chi connectivity index (χ0v) is 10.1. The van der Waals surface area contributed by atoms with Gasteiger partial charge in [0.15, 0.2) is 0 Å². The Labute approximate surface area is 88.3 Å². The predicted octanol–water partition coefficient (Wildman–Crippen LogP) is 2.90. The summed E-state index contributed by atoms with van der Waals surface area (Å²) in [5.41, 5.74) is 5.80. The molecule has 0 spiro atoms. The van der Waals surface area contributed by atoms with Gasteiger partial charge in [0.2, 0.25) is 0 Å². The molecule has 2 atom stereocenters. The summed E-state index contributed by atoms with van der Waals surface area (Å²) in [5.74, 6) is 0.284. The van der Waals surface area contributed by atoms with E-state index in [0.717, 1.165) is 19.3 Å². The van der Waals surface area contributed by atoms with Gasteiger partial charge < -0.3 is 5.73 Å². The number of hydrogen-bond donors (Lipinski definition) is 1. The number of Topliss-reactive ketones (excluding diaryl/α,β-unsaturated/α-hetero) is 1. The van der Waals surface area contributed by atoms with Crippen molar-refractivity contribution in [1.82, 2.24) is 0 Å². The van der Waals surface area contributed by atoms with Gasteiger partial charge in [0.25, 0.3) is 0 Å². The van der Waals surface area contributed by atoms with E-state index in [1.54, 1.807) is 6.92 Å². The van der Waals surface area contributed by atoms with Crippen LogP contribution in [-0.4, -0.2) is 11.3 Å². The lowest BCUT2D eigenvalue weighted by Gasteiger charge is -2.31. The lowest BCUT2D eigenvalue weighted by Crippen LogP contribution is -2.46. The van der Waals surface area contributed by atoms with Gasteiger partial charge in [-0.3, -0.25) is 4.79 Å². The van der Waals surface area contributed by atoms with Gasteiger partial charge in [0.05, 0.1) is 0 Å². The zero-order chi connectivity index (χ0) is 11.2. The van der Waals surface area contributed by atoms with Crippen LogP contribution in [0.1, 0.15) is 59.8 Å². The molecule has 0 aliphatic rings. The Balaban J connectivity index is 4.22. The first-order chi connectivity index (χ1) is 6.45. The van der Waals surface area contributed by atoms with Crippen LogP contribution in [0.25, 0.3) is 0 Å². The molecule has 0 heterocycles. The van der Waals surface area contributed by atoms with E-state index in [0.29, 0.717) is 0 Å². The van der Waals surface area contributed by atoms with Crippen molar-refractivity contribution < 1.29 is 4.79 Å². The van der Waals surface area contributed by atoms with Crippen LogP contribution in [-0.2, 0) is 4.79 Å². The highest BCUT2D eigenvalue weighted by Gasteiger charge is 2.31. The molecule has 0 aliphatic heterocycles. The van der Waals surface area contributed by atoms with E-state index in [1.165, 1.54) is 12.8 Å². The van der Waals surface area contributed by atoms with Crippen molar-refractivity contribution in [3.63, 3.8) is 0 Å². The van der Waals surface area contributed by atoms with Gasteiger partial charge in [-0.1, -0.05) is 33.1 Å². The average molecular weight is 199 g/mol. The van der Waals surface area contributed by atoms with Crippen molar-refractivity contribution >= 4 is 5.78 Å². The highest BCUT2D eigenvalue weighted by atomic mass is 16.1. The van der Waals surface area contributed by atoms with Gasteiger partial charge in [0.1, 0.15) is 5.78 Å². The fraction of sp³-hybridized carbons (Fsp3) is 0.917. The molecule has 2 N–H and O–H groups in total. The molecule has 0 aliphatic carbocycles. The molecule has 0 saturated carbocycles. The molecule has 0 aromatic rings. The molecule has 0 saturated heterocycles. The van der Waals surface area contributed by atoms with Crippen molar-refractivity contribution in [3.8, 4) is 0 Å². The Morgan fingerprint density at radius 2 is 1.93 bits per heavy atom. The van der Waals surface area contributed by atoms with Gasteiger partial charge in [-0.2, -0.15) is 0 Å². The van der Waals surface area contributed by atoms with E-state index < -0.39 is 0 Å². The molecule has 2 nitrogen and oxygen atoms in total. The number of ketones is 1. The summed E-state index contributed by atoms with van der Waals surface area (Å²) in [6, 6.07) is 0. The number of unbranched alkanes of at least 4 members (excludes halogenated alkanes) is 2. The summed E-state index contributed by atoms with van der Waals surface area (Å²) in [6.07, 6.45) is 5.32. The fourth-order valence-corrected chi connectivity index (χ4v) is 1.84. The lowest BCUT2D eigenvalue weighted by atomic mass is 9.78. The van der Waals surface area contributed by atoms with Crippen molar-refractivity contribution in [1.29, 1.82) is 0 Å². The van der Waals surface area contributed by atoms with E-state index in [2.05, 4.69) is 13.8 Å². The second kappa shape index (κ2) is 6.18. The number of rotatable bonds is 7. The Bertz CT molecular complexity index is 175. The molecular formula is C12H25NO. The largest absolute Gasteiger partial charge is 0.325 e. The average Bonchev–Trinajstić information content (AvgIpc) is 2.11. The highest BCUT2D eigenvalue weighted by Crippen LogP contribution is 2.24. The second-order valence-corrected chi connectivity index (χ2v) is 4.52. The standard InChI is InChI=1S/C12H25NO/c1-5-7-8-9-11(10(3)14)12(4,13)6-2/h11H,5-9,13H2,1-4H3. The topological polar surface area (TPSA) is 43.1 Å².